The van der Waals surface area contributed by atoms with Gasteiger partial charge in [-0.3, -0.25) is 0 Å². The van der Waals surface area contributed by atoms with E-state index in [9.17, 15) is 0 Å². The van der Waals surface area contributed by atoms with Gasteiger partial charge in [0.2, 0.25) is 0 Å². The maximum Gasteiger partial charge on any atom is 0.0357 e. The molecule has 41 valence electrons. The highest BCUT2D eigenvalue weighted by molar-refractivity contribution is 9.09. The summed E-state index contributed by atoms with van der Waals surface area (Å²) in [4.78, 5) is 0.612. The smallest absolute Gasteiger partial charge is 0.0357 e. The first kappa shape index (κ1) is 5.57. The Labute approximate surface area is 52.6 Å². The fraction of sp³-hybridized carbons (Fsp3) is 0.800. The highest BCUT2D eigenvalue weighted by atomic mass is 79.9. The molecule has 1 heterocycles. The summed E-state index contributed by atoms with van der Waals surface area (Å²) < 4.78 is 0. The van der Waals surface area contributed by atoms with E-state index < -0.39 is 0 Å². The molecule has 1 saturated heterocycles. The zero-order chi connectivity index (χ0) is 5.11. The van der Waals surface area contributed by atoms with Crippen LogP contribution in [-0.4, -0.2) is 11.4 Å². The van der Waals surface area contributed by atoms with Crippen LogP contribution in [0.3, 0.4) is 0 Å². The van der Waals surface area contributed by atoms with Gasteiger partial charge in [-0.15, -0.1) is 0 Å². The van der Waals surface area contributed by atoms with Crippen LogP contribution in [-0.2, 0) is 0 Å². The molecule has 0 amide bonds. The summed E-state index contributed by atoms with van der Waals surface area (Å²) in [6.45, 7) is 3.26. The minimum Gasteiger partial charge on any atom is -0.311 e. The zero-order valence-corrected chi connectivity index (χ0v) is 5.74. The molecule has 1 nitrogen and oxygen atoms in total. The molecule has 0 saturated carbocycles. The molecule has 0 aliphatic carbocycles. The molecule has 7 heavy (non-hydrogen) atoms. The topological polar surface area (TPSA) is 12.0 Å². The molecule has 1 fully saturated rings. The molecule has 0 spiro atoms. The van der Waals surface area contributed by atoms with Crippen LogP contribution in [0, 0.1) is 6.54 Å². The van der Waals surface area contributed by atoms with Crippen LogP contribution in [0.1, 0.15) is 12.8 Å². The Hall–Kier alpha value is 0.440. The van der Waals surface area contributed by atoms with E-state index in [1.165, 1.54) is 12.8 Å². The van der Waals surface area contributed by atoms with Gasteiger partial charge in [-0.05, 0) is 19.4 Å². The molecule has 1 aliphatic heterocycles. The van der Waals surface area contributed by atoms with Crippen LogP contribution in [0.5, 0.6) is 0 Å². The van der Waals surface area contributed by atoms with Crippen LogP contribution >= 0.6 is 15.9 Å². The third-order valence-corrected chi connectivity index (χ3v) is 1.82. The Morgan fingerprint density at radius 1 is 1.71 bits per heavy atom. The van der Waals surface area contributed by atoms with Crippen LogP contribution in [0.25, 0.3) is 0 Å². The summed E-state index contributed by atoms with van der Waals surface area (Å²) in [6, 6.07) is 0. The molecule has 0 bridgehead atoms. The molecule has 1 atom stereocenters. The minimum absolute atomic E-state index is 0.612. The quantitative estimate of drug-likeness (QED) is 0.530. The summed E-state index contributed by atoms with van der Waals surface area (Å²) in [5, 5.41) is 3.16. The van der Waals surface area contributed by atoms with E-state index >= 15 is 0 Å². The van der Waals surface area contributed by atoms with Crippen LogP contribution in [0.4, 0.5) is 0 Å². The van der Waals surface area contributed by atoms with Crippen LogP contribution in [0.15, 0.2) is 0 Å². The number of hydrogen-bond acceptors (Lipinski definition) is 1. The number of rotatable bonds is 0. The molecule has 2 heteroatoms. The number of hydrogen-bond donors (Lipinski definition) is 1. The van der Waals surface area contributed by atoms with E-state index in [1.54, 1.807) is 0 Å². The Morgan fingerprint density at radius 2 is 2.57 bits per heavy atom. The van der Waals surface area contributed by atoms with Crippen molar-refractivity contribution in [2.24, 2.45) is 0 Å². The van der Waals surface area contributed by atoms with Crippen molar-refractivity contribution in [2.75, 3.05) is 6.54 Å². The minimum atomic E-state index is 0.612. The molecule has 1 radical (unpaired) electrons. The number of alkyl halides is 1. The first-order valence-electron chi connectivity index (χ1n) is 2.60. The molecular formula is C5H9BrN. The van der Waals surface area contributed by atoms with E-state index in [-0.39, 0.29) is 0 Å². The summed E-state index contributed by atoms with van der Waals surface area (Å²) in [7, 11) is 0. The number of nitrogens with one attached hydrogen (secondary N) is 1. The Balaban J connectivity index is 2.12. The maximum atomic E-state index is 3.47. The van der Waals surface area contributed by atoms with Gasteiger partial charge in [-0.25, -0.2) is 0 Å². The van der Waals surface area contributed by atoms with Crippen LogP contribution in [0.2, 0.25) is 0 Å². The molecular weight excluding hydrogens is 154 g/mol. The fourth-order valence-electron chi connectivity index (χ4n) is 0.694. The van der Waals surface area contributed by atoms with Gasteiger partial charge < -0.3 is 5.32 Å². The number of halogens is 1. The molecule has 1 aliphatic rings. The van der Waals surface area contributed by atoms with Crippen molar-refractivity contribution >= 4 is 15.9 Å². The van der Waals surface area contributed by atoms with Gasteiger partial charge in [-0.1, -0.05) is 15.9 Å². The van der Waals surface area contributed by atoms with Crippen molar-refractivity contribution in [1.29, 1.82) is 0 Å². The highest BCUT2D eigenvalue weighted by Crippen LogP contribution is 2.12. The van der Waals surface area contributed by atoms with Gasteiger partial charge in [-0.2, -0.15) is 0 Å². The maximum absolute atomic E-state index is 3.47. The van der Waals surface area contributed by atoms with Gasteiger partial charge in [0.15, 0.2) is 0 Å². The molecule has 0 aromatic heterocycles. The lowest BCUT2D eigenvalue weighted by Crippen LogP contribution is -2.24. The zero-order valence-electron chi connectivity index (χ0n) is 4.15. The highest BCUT2D eigenvalue weighted by Gasteiger charge is 2.07. The van der Waals surface area contributed by atoms with Crippen molar-refractivity contribution in [3.05, 3.63) is 6.54 Å². The van der Waals surface area contributed by atoms with E-state index in [0.29, 0.717) is 4.83 Å². The van der Waals surface area contributed by atoms with E-state index in [4.69, 9.17) is 0 Å². The average molecular weight is 163 g/mol. The van der Waals surface area contributed by atoms with E-state index in [1.807, 2.05) is 0 Å². The Morgan fingerprint density at radius 3 is 2.86 bits per heavy atom. The van der Waals surface area contributed by atoms with Crippen LogP contribution < -0.4 is 5.32 Å². The predicted molar refractivity (Wildman–Crippen MR) is 34.3 cm³/mol. The predicted octanol–water partition coefficient (Wildman–Crippen LogP) is 1.30. The standard InChI is InChI=1S/C5H9BrN/c6-5-2-1-3-7-4-5/h4-5,7H,1-3H2. The second-order valence-electron chi connectivity index (χ2n) is 1.78. The Kier molecular flexibility index (Phi) is 2.13. The average Bonchev–Trinajstić information content (AvgIpc) is 1.69. The van der Waals surface area contributed by atoms with E-state index in [2.05, 4.69) is 27.8 Å². The SMILES string of the molecule is BrC1[CH]NCCC1. The van der Waals surface area contributed by atoms with Gasteiger partial charge in [0, 0.05) is 11.4 Å². The lowest BCUT2D eigenvalue weighted by molar-refractivity contribution is 0.596. The van der Waals surface area contributed by atoms with Crippen molar-refractivity contribution in [1.82, 2.24) is 5.32 Å². The first-order chi connectivity index (χ1) is 3.39. The second-order valence-corrected chi connectivity index (χ2v) is 2.96. The summed E-state index contributed by atoms with van der Waals surface area (Å²) in [5.74, 6) is 0. The lowest BCUT2D eigenvalue weighted by atomic mass is 10.2. The largest absolute Gasteiger partial charge is 0.311 e. The first-order valence-corrected chi connectivity index (χ1v) is 3.52. The van der Waals surface area contributed by atoms with Gasteiger partial charge >= 0.3 is 0 Å². The third-order valence-electron chi connectivity index (χ3n) is 1.10. The summed E-state index contributed by atoms with van der Waals surface area (Å²) in [6.07, 6.45) is 2.58. The lowest BCUT2D eigenvalue weighted by Gasteiger charge is -2.15. The number of piperidine rings is 1. The van der Waals surface area contributed by atoms with Crippen molar-refractivity contribution in [2.45, 2.75) is 17.7 Å². The molecule has 1 N–H and O–H groups in total. The fourth-order valence-corrected chi connectivity index (χ4v) is 1.20. The summed E-state index contributed by atoms with van der Waals surface area (Å²) >= 11 is 3.47. The second kappa shape index (κ2) is 2.68. The van der Waals surface area contributed by atoms with Gasteiger partial charge in [0.25, 0.3) is 0 Å². The van der Waals surface area contributed by atoms with Crippen molar-refractivity contribution in [3.8, 4) is 0 Å². The molecule has 1 rings (SSSR count). The molecule has 1 unspecified atom stereocenters. The van der Waals surface area contributed by atoms with Crippen molar-refractivity contribution in [3.63, 3.8) is 0 Å². The van der Waals surface area contributed by atoms with Gasteiger partial charge in [0.05, 0.1) is 0 Å². The summed E-state index contributed by atoms with van der Waals surface area (Å²) in [5.41, 5.74) is 0. The van der Waals surface area contributed by atoms with Crippen molar-refractivity contribution < 1.29 is 0 Å². The Bertz CT molecular complexity index is 50.0. The van der Waals surface area contributed by atoms with Gasteiger partial charge in [0.1, 0.15) is 0 Å². The molecule has 0 aromatic carbocycles. The monoisotopic (exact) mass is 162 g/mol. The third kappa shape index (κ3) is 1.78. The van der Waals surface area contributed by atoms with E-state index in [0.717, 1.165) is 6.54 Å². The molecule has 0 aromatic rings. The normalized spacial score (nSPS) is 33.0.